The van der Waals surface area contributed by atoms with Gasteiger partial charge in [-0.1, -0.05) is 11.6 Å². The van der Waals surface area contributed by atoms with Crippen molar-refractivity contribution >= 4 is 22.5 Å². The van der Waals surface area contributed by atoms with Gasteiger partial charge in [-0.3, -0.25) is 4.90 Å². The first-order valence-corrected chi connectivity index (χ1v) is 7.74. The summed E-state index contributed by atoms with van der Waals surface area (Å²) in [5, 5.41) is 21.1. The third-order valence-corrected chi connectivity index (χ3v) is 4.78. The number of fused-ring (bicyclic) bond motifs is 1. The second-order valence-corrected chi connectivity index (χ2v) is 6.39. The molecule has 4 nitrogen and oxygen atoms in total. The molecule has 114 valence electrons. The molecule has 2 aromatic rings. The van der Waals surface area contributed by atoms with Gasteiger partial charge in [0.05, 0.1) is 6.10 Å². The highest BCUT2D eigenvalue weighted by Crippen LogP contribution is 2.27. The number of aliphatic hydroxyl groups excluding tert-OH is 2. The fourth-order valence-electron chi connectivity index (χ4n) is 3.14. The first-order valence-electron chi connectivity index (χ1n) is 7.36. The second-order valence-electron chi connectivity index (χ2n) is 5.95. The third-order valence-electron chi connectivity index (χ3n) is 4.55. The van der Waals surface area contributed by atoms with Crippen LogP contribution in [0.2, 0.25) is 5.02 Å². The molecule has 0 unspecified atom stereocenters. The molecule has 2 heterocycles. The Morgan fingerprint density at radius 1 is 1.43 bits per heavy atom. The van der Waals surface area contributed by atoms with Gasteiger partial charge in [0.2, 0.25) is 0 Å². The molecule has 3 N–H and O–H groups in total. The summed E-state index contributed by atoms with van der Waals surface area (Å²) in [4.78, 5) is 5.68. The number of piperidine rings is 1. The van der Waals surface area contributed by atoms with E-state index in [-0.39, 0.29) is 12.5 Å². The Balaban J connectivity index is 1.78. The molecule has 21 heavy (non-hydrogen) atoms. The van der Waals surface area contributed by atoms with Crippen LogP contribution in [0.25, 0.3) is 10.9 Å². The quantitative estimate of drug-likeness (QED) is 0.815. The highest BCUT2D eigenvalue weighted by molar-refractivity contribution is 6.31. The van der Waals surface area contributed by atoms with Crippen LogP contribution in [0, 0.1) is 12.8 Å². The summed E-state index contributed by atoms with van der Waals surface area (Å²) in [5.41, 5.74) is 3.48. The first kappa shape index (κ1) is 14.9. The van der Waals surface area contributed by atoms with Gasteiger partial charge in [-0.05, 0) is 43.7 Å². The normalized spacial score (nSPS) is 23.8. The standard InChI is InChI=1S/C16H21ClN2O2/c1-10-13-6-12(17)2-3-14(13)18-15(10)7-19-5-4-11(9-20)16(21)8-19/h2-3,6,11,16,18,20-21H,4-5,7-9H2,1H3/t11-,16+/m0/s1. The number of H-pyrrole nitrogens is 1. The van der Waals surface area contributed by atoms with Gasteiger partial charge in [0.15, 0.2) is 0 Å². The topological polar surface area (TPSA) is 59.5 Å². The lowest BCUT2D eigenvalue weighted by Gasteiger charge is -2.34. The van der Waals surface area contributed by atoms with E-state index in [0.29, 0.717) is 6.54 Å². The van der Waals surface area contributed by atoms with Crippen molar-refractivity contribution in [2.24, 2.45) is 5.92 Å². The lowest BCUT2D eigenvalue weighted by atomic mass is 9.94. The van der Waals surface area contributed by atoms with Crippen LogP contribution in [0.15, 0.2) is 18.2 Å². The number of aromatic amines is 1. The SMILES string of the molecule is Cc1c(CN2CC[C@@H](CO)[C@H](O)C2)[nH]c2ccc(Cl)cc12. The number of halogens is 1. The molecule has 0 radical (unpaired) electrons. The highest BCUT2D eigenvalue weighted by atomic mass is 35.5. The van der Waals surface area contributed by atoms with E-state index in [2.05, 4.69) is 16.8 Å². The fraction of sp³-hybridized carbons (Fsp3) is 0.500. The third kappa shape index (κ3) is 2.94. The molecule has 0 spiro atoms. The van der Waals surface area contributed by atoms with Gasteiger partial charge >= 0.3 is 0 Å². The zero-order valence-electron chi connectivity index (χ0n) is 12.1. The lowest BCUT2D eigenvalue weighted by molar-refractivity contribution is -0.00478. The van der Waals surface area contributed by atoms with E-state index >= 15 is 0 Å². The average molecular weight is 309 g/mol. The number of nitrogens with one attached hydrogen (secondary N) is 1. The van der Waals surface area contributed by atoms with Crippen LogP contribution in [-0.4, -0.2) is 45.9 Å². The van der Waals surface area contributed by atoms with Crippen LogP contribution in [-0.2, 0) is 6.54 Å². The molecule has 2 atom stereocenters. The van der Waals surface area contributed by atoms with Crippen LogP contribution in [0.3, 0.4) is 0 Å². The molecular formula is C16H21ClN2O2. The second kappa shape index (κ2) is 5.97. The van der Waals surface area contributed by atoms with E-state index in [1.165, 1.54) is 11.3 Å². The van der Waals surface area contributed by atoms with Crippen LogP contribution >= 0.6 is 11.6 Å². The maximum atomic E-state index is 10.0. The average Bonchev–Trinajstić information content (AvgIpc) is 2.76. The van der Waals surface area contributed by atoms with Crippen LogP contribution in [0.1, 0.15) is 17.7 Å². The molecule has 1 aliphatic rings. The van der Waals surface area contributed by atoms with E-state index in [4.69, 9.17) is 11.6 Å². The molecule has 0 saturated carbocycles. The number of likely N-dealkylation sites (tertiary alicyclic amines) is 1. The Kier molecular flexibility index (Phi) is 4.22. The minimum absolute atomic E-state index is 0.0175. The number of aliphatic hydroxyl groups is 2. The van der Waals surface area contributed by atoms with Crippen molar-refractivity contribution in [3.63, 3.8) is 0 Å². The molecule has 0 aliphatic carbocycles. The summed E-state index contributed by atoms with van der Waals surface area (Å²) in [6, 6.07) is 5.88. The number of aromatic nitrogens is 1. The summed E-state index contributed by atoms with van der Waals surface area (Å²) in [5.74, 6) is 0.0175. The number of nitrogens with zero attached hydrogens (tertiary/aromatic N) is 1. The van der Waals surface area contributed by atoms with Gasteiger partial charge in [0, 0.05) is 47.2 Å². The predicted molar refractivity (Wildman–Crippen MR) is 84.5 cm³/mol. The zero-order valence-corrected chi connectivity index (χ0v) is 12.9. The number of rotatable bonds is 3. The van der Waals surface area contributed by atoms with Gasteiger partial charge < -0.3 is 15.2 Å². The van der Waals surface area contributed by atoms with Gasteiger partial charge in [-0.2, -0.15) is 0 Å². The fourth-order valence-corrected chi connectivity index (χ4v) is 3.31. The lowest BCUT2D eigenvalue weighted by Crippen LogP contribution is -2.44. The van der Waals surface area contributed by atoms with Crippen molar-refractivity contribution in [1.82, 2.24) is 9.88 Å². The smallest absolute Gasteiger partial charge is 0.0717 e. The molecular weight excluding hydrogens is 288 g/mol. The van der Waals surface area contributed by atoms with Crippen molar-refractivity contribution in [1.29, 1.82) is 0 Å². The van der Waals surface area contributed by atoms with Crippen LogP contribution in [0.4, 0.5) is 0 Å². The van der Waals surface area contributed by atoms with Crippen molar-refractivity contribution in [2.45, 2.75) is 26.0 Å². The Hall–Kier alpha value is -1.07. The van der Waals surface area contributed by atoms with Gasteiger partial charge in [0.25, 0.3) is 0 Å². The molecule has 0 bridgehead atoms. The molecule has 1 saturated heterocycles. The molecule has 1 aromatic heterocycles. The number of benzene rings is 1. The minimum Gasteiger partial charge on any atom is -0.396 e. The predicted octanol–water partition coefficient (Wildman–Crippen LogP) is 2.30. The largest absolute Gasteiger partial charge is 0.396 e. The van der Waals surface area contributed by atoms with Gasteiger partial charge in [-0.15, -0.1) is 0 Å². The van der Waals surface area contributed by atoms with E-state index in [1.807, 2.05) is 18.2 Å². The van der Waals surface area contributed by atoms with E-state index in [0.717, 1.165) is 35.4 Å². The molecule has 1 aliphatic heterocycles. The Labute approximate surface area is 129 Å². The van der Waals surface area contributed by atoms with E-state index < -0.39 is 6.10 Å². The molecule has 0 amide bonds. The minimum atomic E-state index is -0.442. The molecule has 5 heteroatoms. The van der Waals surface area contributed by atoms with Crippen molar-refractivity contribution in [3.8, 4) is 0 Å². The number of hydrogen-bond acceptors (Lipinski definition) is 3. The maximum Gasteiger partial charge on any atom is 0.0717 e. The molecule has 3 rings (SSSR count). The summed E-state index contributed by atoms with van der Waals surface area (Å²) in [6.45, 7) is 4.46. The summed E-state index contributed by atoms with van der Waals surface area (Å²) in [6.07, 6.45) is 0.394. The van der Waals surface area contributed by atoms with Gasteiger partial charge in [-0.25, -0.2) is 0 Å². The van der Waals surface area contributed by atoms with Crippen molar-refractivity contribution in [3.05, 3.63) is 34.5 Å². The van der Waals surface area contributed by atoms with Crippen LogP contribution < -0.4 is 0 Å². The van der Waals surface area contributed by atoms with E-state index in [1.54, 1.807) is 0 Å². The number of aryl methyl sites for hydroxylation is 1. The summed E-state index contributed by atoms with van der Waals surface area (Å²) in [7, 11) is 0. The zero-order chi connectivity index (χ0) is 15.0. The monoisotopic (exact) mass is 308 g/mol. The first-order chi connectivity index (χ1) is 10.1. The van der Waals surface area contributed by atoms with Crippen LogP contribution in [0.5, 0.6) is 0 Å². The number of hydrogen-bond donors (Lipinski definition) is 3. The molecule has 1 aromatic carbocycles. The van der Waals surface area contributed by atoms with E-state index in [9.17, 15) is 10.2 Å². The van der Waals surface area contributed by atoms with Gasteiger partial charge in [0.1, 0.15) is 0 Å². The maximum absolute atomic E-state index is 10.0. The van der Waals surface area contributed by atoms with Crippen molar-refractivity contribution < 1.29 is 10.2 Å². The highest BCUT2D eigenvalue weighted by Gasteiger charge is 2.27. The Bertz CT molecular complexity index is 640. The van der Waals surface area contributed by atoms with Crippen molar-refractivity contribution in [2.75, 3.05) is 19.7 Å². The Morgan fingerprint density at radius 2 is 2.24 bits per heavy atom. The number of β-amino-alcohol motifs (C(OH)–C–C–N with tert-alkyl or cyclic N) is 1. The summed E-state index contributed by atoms with van der Waals surface area (Å²) >= 11 is 6.06. The summed E-state index contributed by atoms with van der Waals surface area (Å²) < 4.78 is 0. The molecule has 1 fully saturated rings. The Morgan fingerprint density at radius 3 is 2.95 bits per heavy atom.